The van der Waals surface area contributed by atoms with Crippen LogP contribution in [0.4, 0.5) is 0 Å². The van der Waals surface area contributed by atoms with Gasteiger partial charge in [0.15, 0.2) is 0 Å². The Kier molecular flexibility index (Phi) is 6.58. The van der Waals surface area contributed by atoms with Crippen LogP contribution in [0.25, 0.3) is 11.1 Å². The van der Waals surface area contributed by atoms with Crippen LogP contribution in [0.15, 0.2) is 36.4 Å². The average Bonchev–Trinajstić information content (AvgIpc) is 2.68. The molecule has 158 valence electrons. The van der Waals surface area contributed by atoms with Crippen LogP contribution >= 0.6 is 0 Å². The first kappa shape index (κ1) is 22.1. The average molecular weight is 392 g/mol. The molecule has 0 radical (unpaired) electrons. The van der Waals surface area contributed by atoms with Gasteiger partial charge >= 0.3 is 0 Å². The SMILES string of the molecule is CCNC1c2cc(-c3cccc(C(C)(C)C)c3)c(C)cc2CCCC[C@@]1(C)CC. The van der Waals surface area contributed by atoms with E-state index in [1.54, 1.807) is 5.56 Å². The van der Waals surface area contributed by atoms with Gasteiger partial charge in [-0.2, -0.15) is 0 Å². The lowest BCUT2D eigenvalue weighted by Gasteiger charge is -2.41. The first-order valence-corrected chi connectivity index (χ1v) is 11.7. The second-order valence-electron chi connectivity index (χ2n) is 10.4. The second kappa shape index (κ2) is 8.64. The van der Waals surface area contributed by atoms with E-state index in [1.165, 1.54) is 59.9 Å². The molecule has 2 aromatic carbocycles. The molecule has 0 bridgehead atoms. The molecule has 0 heterocycles. The van der Waals surface area contributed by atoms with Crippen molar-refractivity contribution in [1.29, 1.82) is 0 Å². The van der Waals surface area contributed by atoms with Crippen molar-refractivity contribution in [3.63, 3.8) is 0 Å². The summed E-state index contributed by atoms with van der Waals surface area (Å²) in [5.41, 5.74) is 9.14. The zero-order valence-electron chi connectivity index (χ0n) is 19.8. The van der Waals surface area contributed by atoms with Crippen LogP contribution in [-0.4, -0.2) is 6.54 Å². The highest BCUT2D eigenvalue weighted by atomic mass is 14.9. The third-order valence-electron chi connectivity index (χ3n) is 7.19. The van der Waals surface area contributed by atoms with Crippen LogP contribution in [-0.2, 0) is 11.8 Å². The molecule has 2 aromatic rings. The molecule has 0 saturated carbocycles. The molecule has 2 atom stereocenters. The fourth-order valence-electron chi connectivity index (χ4n) is 5.04. The van der Waals surface area contributed by atoms with Crippen molar-refractivity contribution in [2.45, 2.75) is 92.0 Å². The summed E-state index contributed by atoms with van der Waals surface area (Å²) in [5, 5.41) is 3.88. The molecule has 0 aliphatic heterocycles. The van der Waals surface area contributed by atoms with Gasteiger partial charge in [0.1, 0.15) is 0 Å². The van der Waals surface area contributed by atoms with Gasteiger partial charge in [-0.1, -0.05) is 78.3 Å². The summed E-state index contributed by atoms with van der Waals surface area (Å²) < 4.78 is 0. The quantitative estimate of drug-likeness (QED) is 0.561. The molecule has 0 aromatic heterocycles. The summed E-state index contributed by atoms with van der Waals surface area (Å²) in [6, 6.07) is 14.6. The van der Waals surface area contributed by atoms with Gasteiger partial charge in [-0.25, -0.2) is 0 Å². The summed E-state index contributed by atoms with van der Waals surface area (Å²) in [4.78, 5) is 0. The largest absolute Gasteiger partial charge is 0.310 e. The van der Waals surface area contributed by atoms with Gasteiger partial charge in [0.2, 0.25) is 0 Å². The minimum atomic E-state index is 0.167. The fourth-order valence-corrected chi connectivity index (χ4v) is 5.04. The van der Waals surface area contributed by atoms with E-state index < -0.39 is 0 Å². The molecule has 1 nitrogen and oxygen atoms in total. The van der Waals surface area contributed by atoms with Crippen molar-refractivity contribution in [3.05, 3.63) is 58.7 Å². The van der Waals surface area contributed by atoms with Gasteiger partial charge in [0.25, 0.3) is 0 Å². The van der Waals surface area contributed by atoms with E-state index in [0.717, 1.165) is 6.54 Å². The van der Waals surface area contributed by atoms with E-state index in [2.05, 4.69) is 90.2 Å². The Labute approximate surface area is 179 Å². The molecule has 0 fully saturated rings. The molecule has 0 saturated heterocycles. The molecule has 0 spiro atoms. The minimum absolute atomic E-state index is 0.167. The number of hydrogen-bond donors (Lipinski definition) is 1. The van der Waals surface area contributed by atoms with Crippen LogP contribution in [0, 0.1) is 12.3 Å². The lowest BCUT2D eigenvalue weighted by Crippen LogP contribution is -2.37. The minimum Gasteiger partial charge on any atom is -0.310 e. The maximum absolute atomic E-state index is 3.88. The Morgan fingerprint density at radius 3 is 2.48 bits per heavy atom. The van der Waals surface area contributed by atoms with Gasteiger partial charge < -0.3 is 5.32 Å². The number of benzene rings is 2. The number of fused-ring (bicyclic) bond motifs is 1. The predicted molar refractivity (Wildman–Crippen MR) is 128 cm³/mol. The number of aryl methyl sites for hydroxylation is 2. The standard InChI is InChI=1S/C28H41N/c1-8-28(7)16-11-10-13-21-17-20(3)24(19-25(21)26(28)29-9-2)22-14-12-15-23(18-22)27(4,5)6/h12,14-15,17-19,26,29H,8-11,13,16H2,1-7H3/t26?,28-/m1/s1. The topological polar surface area (TPSA) is 12.0 Å². The van der Waals surface area contributed by atoms with Gasteiger partial charge in [-0.05, 0) is 89.4 Å². The third-order valence-corrected chi connectivity index (χ3v) is 7.19. The lowest BCUT2D eigenvalue weighted by atomic mass is 9.69. The fraction of sp³-hybridized carbons (Fsp3) is 0.571. The monoisotopic (exact) mass is 391 g/mol. The second-order valence-corrected chi connectivity index (χ2v) is 10.4. The van der Waals surface area contributed by atoms with Crippen molar-refractivity contribution in [2.24, 2.45) is 5.41 Å². The molecule has 1 unspecified atom stereocenters. The number of hydrogen-bond acceptors (Lipinski definition) is 1. The number of rotatable bonds is 4. The normalized spacial score (nSPS) is 22.7. The van der Waals surface area contributed by atoms with Crippen LogP contribution in [0.5, 0.6) is 0 Å². The molecule has 1 aliphatic carbocycles. The highest BCUT2D eigenvalue weighted by molar-refractivity contribution is 5.70. The molecule has 1 heteroatoms. The van der Waals surface area contributed by atoms with Crippen molar-refractivity contribution >= 4 is 0 Å². The molecule has 0 amide bonds. The summed E-state index contributed by atoms with van der Waals surface area (Å²) in [7, 11) is 0. The Bertz CT molecular complexity index is 842. The van der Waals surface area contributed by atoms with Gasteiger partial charge in [-0.3, -0.25) is 0 Å². The van der Waals surface area contributed by atoms with Gasteiger partial charge in [-0.15, -0.1) is 0 Å². The maximum Gasteiger partial charge on any atom is 0.0377 e. The van der Waals surface area contributed by atoms with Gasteiger partial charge in [0.05, 0.1) is 0 Å². The van der Waals surface area contributed by atoms with Crippen LogP contribution in [0.3, 0.4) is 0 Å². The maximum atomic E-state index is 3.88. The van der Waals surface area contributed by atoms with Crippen LogP contribution in [0.2, 0.25) is 0 Å². The molecular formula is C28H41N. The van der Waals surface area contributed by atoms with E-state index in [9.17, 15) is 0 Å². The van der Waals surface area contributed by atoms with Gasteiger partial charge in [0, 0.05) is 6.04 Å². The summed E-state index contributed by atoms with van der Waals surface area (Å²) in [6.07, 6.45) is 6.37. The Balaban J connectivity index is 2.17. The van der Waals surface area contributed by atoms with Crippen molar-refractivity contribution in [2.75, 3.05) is 6.54 Å². The van der Waals surface area contributed by atoms with Crippen molar-refractivity contribution < 1.29 is 0 Å². The molecule has 1 N–H and O–H groups in total. The zero-order chi connectivity index (χ0) is 21.2. The third kappa shape index (κ3) is 4.61. The Hall–Kier alpha value is -1.60. The van der Waals surface area contributed by atoms with Crippen molar-refractivity contribution in [1.82, 2.24) is 5.32 Å². The predicted octanol–water partition coefficient (Wildman–Crippen LogP) is 7.75. The summed E-state index contributed by atoms with van der Waals surface area (Å²) >= 11 is 0. The highest BCUT2D eigenvalue weighted by Gasteiger charge is 2.35. The molecule has 3 rings (SSSR count). The smallest absolute Gasteiger partial charge is 0.0377 e. The van der Waals surface area contributed by atoms with Crippen LogP contribution in [0.1, 0.15) is 95.5 Å². The first-order chi connectivity index (χ1) is 13.7. The molecule has 29 heavy (non-hydrogen) atoms. The number of nitrogens with one attached hydrogen (secondary N) is 1. The Morgan fingerprint density at radius 2 is 1.83 bits per heavy atom. The van der Waals surface area contributed by atoms with E-state index in [0.29, 0.717) is 11.5 Å². The van der Waals surface area contributed by atoms with E-state index in [4.69, 9.17) is 0 Å². The Morgan fingerprint density at radius 1 is 1.07 bits per heavy atom. The van der Waals surface area contributed by atoms with Crippen molar-refractivity contribution in [3.8, 4) is 11.1 Å². The summed E-state index contributed by atoms with van der Waals surface area (Å²) in [6.45, 7) is 17.3. The molecule has 1 aliphatic rings. The highest BCUT2D eigenvalue weighted by Crippen LogP contribution is 2.45. The lowest BCUT2D eigenvalue weighted by molar-refractivity contribution is 0.180. The first-order valence-electron chi connectivity index (χ1n) is 11.7. The van der Waals surface area contributed by atoms with E-state index >= 15 is 0 Å². The van der Waals surface area contributed by atoms with Crippen LogP contribution < -0.4 is 5.32 Å². The zero-order valence-corrected chi connectivity index (χ0v) is 19.8. The van der Waals surface area contributed by atoms with E-state index in [-0.39, 0.29) is 5.41 Å². The molecular weight excluding hydrogens is 350 g/mol. The summed E-state index contributed by atoms with van der Waals surface area (Å²) in [5.74, 6) is 0. The van der Waals surface area contributed by atoms with E-state index in [1.807, 2.05) is 0 Å².